The van der Waals surface area contributed by atoms with Crippen LogP contribution in [0, 0.1) is 12.7 Å². The monoisotopic (exact) mass is 391 g/mol. The molecule has 0 bridgehead atoms. The third-order valence-corrected chi connectivity index (χ3v) is 4.94. The van der Waals surface area contributed by atoms with Gasteiger partial charge in [0.2, 0.25) is 0 Å². The van der Waals surface area contributed by atoms with Gasteiger partial charge < -0.3 is 15.1 Å². The Kier molecular flexibility index (Phi) is 5.37. The minimum Gasteiger partial charge on any atom is -0.366 e. The number of hydrogen-bond acceptors (Lipinski definition) is 5. The summed E-state index contributed by atoms with van der Waals surface area (Å²) in [4.78, 5) is 25.2. The van der Waals surface area contributed by atoms with E-state index >= 15 is 0 Å². The average molecular weight is 391 g/mol. The molecule has 1 aliphatic rings. The van der Waals surface area contributed by atoms with E-state index in [1.165, 1.54) is 12.3 Å². The van der Waals surface area contributed by atoms with Crippen molar-refractivity contribution in [2.75, 3.05) is 41.3 Å². The summed E-state index contributed by atoms with van der Waals surface area (Å²) in [5, 5.41) is 2.83. The van der Waals surface area contributed by atoms with Gasteiger partial charge in [-0.3, -0.25) is 4.79 Å². The first kappa shape index (κ1) is 18.9. The zero-order valence-corrected chi connectivity index (χ0v) is 16.2. The van der Waals surface area contributed by atoms with Crippen LogP contribution in [0.3, 0.4) is 0 Å². The van der Waals surface area contributed by atoms with E-state index in [1.54, 1.807) is 18.3 Å². The fourth-order valence-electron chi connectivity index (χ4n) is 3.40. The number of rotatable bonds is 4. The predicted molar refractivity (Wildman–Crippen MR) is 112 cm³/mol. The highest BCUT2D eigenvalue weighted by Crippen LogP contribution is 2.21. The van der Waals surface area contributed by atoms with Gasteiger partial charge in [0.1, 0.15) is 17.3 Å². The highest BCUT2D eigenvalue weighted by atomic mass is 19.1. The topological polar surface area (TPSA) is 61.4 Å². The van der Waals surface area contributed by atoms with Crippen LogP contribution in [0.25, 0.3) is 0 Å². The number of aryl methyl sites for hydroxylation is 1. The smallest absolute Gasteiger partial charge is 0.275 e. The van der Waals surface area contributed by atoms with Gasteiger partial charge in [-0.05, 0) is 36.8 Å². The van der Waals surface area contributed by atoms with Crippen molar-refractivity contribution in [1.82, 2.24) is 9.97 Å². The van der Waals surface area contributed by atoms with E-state index in [-0.39, 0.29) is 17.4 Å². The predicted octanol–water partition coefficient (Wildman–Crippen LogP) is 3.50. The standard InChI is InChI=1S/C22H22FN5O/c1-16-5-4-6-17(13-16)26-22(29)19-14-25-21(15-24-19)28-11-9-27(10-12-28)20-8-3-2-7-18(20)23/h2-8,13-15H,9-12H2,1H3,(H,26,29). The largest absolute Gasteiger partial charge is 0.366 e. The van der Waals surface area contributed by atoms with Gasteiger partial charge in [0, 0.05) is 31.9 Å². The van der Waals surface area contributed by atoms with Crippen LogP contribution in [0.4, 0.5) is 21.6 Å². The van der Waals surface area contributed by atoms with E-state index in [2.05, 4.69) is 20.2 Å². The van der Waals surface area contributed by atoms with E-state index in [4.69, 9.17) is 0 Å². The molecular weight excluding hydrogens is 369 g/mol. The van der Waals surface area contributed by atoms with Crippen LogP contribution in [-0.2, 0) is 0 Å². The molecule has 1 fully saturated rings. The zero-order valence-electron chi connectivity index (χ0n) is 16.2. The maximum atomic E-state index is 14.0. The molecule has 3 aromatic rings. The van der Waals surface area contributed by atoms with E-state index in [0.717, 1.165) is 11.3 Å². The first-order chi connectivity index (χ1) is 14.1. The molecule has 1 amide bonds. The van der Waals surface area contributed by atoms with Gasteiger partial charge in [-0.1, -0.05) is 24.3 Å². The summed E-state index contributed by atoms with van der Waals surface area (Å²) in [6, 6.07) is 14.4. The van der Waals surface area contributed by atoms with E-state index in [0.29, 0.717) is 37.7 Å². The minimum atomic E-state index is -0.293. The maximum Gasteiger partial charge on any atom is 0.275 e. The summed E-state index contributed by atoms with van der Waals surface area (Å²) in [5.74, 6) is 0.217. The third-order valence-electron chi connectivity index (χ3n) is 4.94. The SMILES string of the molecule is Cc1cccc(NC(=O)c2cnc(N3CCN(c4ccccc4F)CC3)cn2)c1. The Labute approximate surface area is 169 Å². The lowest BCUT2D eigenvalue weighted by molar-refractivity contribution is 0.102. The zero-order chi connectivity index (χ0) is 20.2. The van der Waals surface area contributed by atoms with Crippen LogP contribution < -0.4 is 15.1 Å². The Hall–Kier alpha value is -3.48. The molecule has 1 N–H and O–H groups in total. The third kappa shape index (κ3) is 4.34. The fourth-order valence-corrected chi connectivity index (χ4v) is 3.40. The summed E-state index contributed by atoms with van der Waals surface area (Å²) in [5.41, 5.74) is 2.69. The van der Waals surface area contributed by atoms with Crippen molar-refractivity contribution in [2.45, 2.75) is 6.92 Å². The minimum absolute atomic E-state index is 0.204. The Balaban J connectivity index is 1.37. The van der Waals surface area contributed by atoms with Gasteiger partial charge in [0.15, 0.2) is 0 Å². The van der Waals surface area contributed by atoms with E-state index < -0.39 is 0 Å². The molecule has 1 saturated heterocycles. The van der Waals surface area contributed by atoms with Crippen LogP contribution in [0.15, 0.2) is 60.9 Å². The number of piperazine rings is 1. The second kappa shape index (κ2) is 8.26. The number of benzene rings is 2. The first-order valence-corrected chi connectivity index (χ1v) is 9.54. The number of carbonyl (C=O) groups is 1. The molecule has 29 heavy (non-hydrogen) atoms. The number of hydrogen-bond donors (Lipinski definition) is 1. The van der Waals surface area contributed by atoms with Gasteiger partial charge >= 0.3 is 0 Å². The summed E-state index contributed by atoms with van der Waals surface area (Å²) >= 11 is 0. The lowest BCUT2D eigenvalue weighted by Gasteiger charge is -2.36. The molecule has 0 radical (unpaired) electrons. The Morgan fingerprint density at radius 1 is 0.966 bits per heavy atom. The molecule has 1 aliphatic heterocycles. The first-order valence-electron chi connectivity index (χ1n) is 9.54. The molecule has 148 valence electrons. The van der Waals surface area contributed by atoms with Gasteiger partial charge in [0.05, 0.1) is 18.1 Å². The molecular formula is C22H22FN5O. The summed E-state index contributed by atoms with van der Waals surface area (Å²) in [7, 11) is 0. The van der Waals surface area contributed by atoms with Gasteiger partial charge in [-0.25, -0.2) is 14.4 Å². The molecule has 4 rings (SSSR count). The van der Waals surface area contributed by atoms with Gasteiger partial charge in [-0.2, -0.15) is 0 Å². The van der Waals surface area contributed by atoms with Crippen molar-refractivity contribution in [1.29, 1.82) is 0 Å². The van der Waals surface area contributed by atoms with Crippen molar-refractivity contribution < 1.29 is 9.18 Å². The van der Waals surface area contributed by atoms with Crippen molar-refractivity contribution >= 4 is 23.1 Å². The molecule has 0 saturated carbocycles. The van der Waals surface area contributed by atoms with Crippen LogP contribution in [0.1, 0.15) is 16.1 Å². The lowest BCUT2D eigenvalue weighted by Crippen LogP contribution is -2.47. The number of para-hydroxylation sites is 1. The second-order valence-electron chi connectivity index (χ2n) is 7.01. The molecule has 2 heterocycles. The Morgan fingerprint density at radius 3 is 2.41 bits per heavy atom. The number of nitrogens with one attached hydrogen (secondary N) is 1. The Morgan fingerprint density at radius 2 is 1.72 bits per heavy atom. The molecule has 7 heteroatoms. The highest BCUT2D eigenvalue weighted by molar-refractivity contribution is 6.02. The quantitative estimate of drug-likeness (QED) is 0.738. The van der Waals surface area contributed by atoms with E-state index in [1.807, 2.05) is 42.2 Å². The van der Waals surface area contributed by atoms with Crippen molar-refractivity contribution in [2.24, 2.45) is 0 Å². The van der Waals surface area contributed by atoms with Crippen molar-refractivity contribution in [3.8, 4) is 0 Å². The molecule has 0 spiro atoms. The average Bonchev–Trinajstić information content (AvgIpc) is 2.74. The molecule has 6 nitrogen and oxygen atoms in total. The summed E-state index contributed by atoms with van der Waals surface area (Å²) in [6.07, 6.45) is 3.10. The van der Waals surface area contributed by atoms with Gasteiger partial charge in [0.25, 0.3) is 5.91 Å². The number of amides is 1. The number of anilines is 3. The number of carbonyl (C=O) groups excluding carboxylic acids is 1. The normalized spacial score (nSPS) is 14.0. The molecule has 2 aromatic carbocycles. The summed E-state index contributed by atoms with van der Waals surface area (Å²) < 4.78 is 14.0. The number of aromatic nitrogens is 2. The van der Waals surface area contributed by atoms with Crippen LogP contribution in [0.5, 0.6) is 0 Å². The second-order valence-corrected chi connectivity index (χ2v) is 7.01. The lowest BCUT2D eigenvalue weighted by atomic mass is 10.2. The van der Waals surface area contributed by atoms with Gasteiger partial charge in [-0.15, -0.1) is 0 Å². The highest BCUT2D eigenvalue weighted by Gasteiger charge is 2.20. The molecule has 0 aliphatic carbocycles. The molecule has 0 unspecified atom stereocenters. The van der Waals surface area contributed by atoms with Crippen molar-refractivity contribution in [3.63, 3.8) is 0 Å². The fraction of sp³-hybridized carbons (Fsp3) is 0.227. The molecule has 0 atom stereocenters. The van der Waals surface area contributed by atoms with Crippen LogP contribution >= 0.6 is 0 Å². The summed E-state index contributed by atoms with van der Waals surface area (Å²) in [6.45, 7) is 4.77. The van der Waals surface area contributed by atoms with E-state index in [9.17, 15) is 9.18 Å². The number of halogens is 1. The van der Waals surface area contributed by atoms with Crippen molar-refractivity contribution in [3.05, 3.63) is 78.0 Å². The van der Waals surface area contributed by atoms with Crippen LogP contribution in [0.2, 0.25) is 0 Å². The molecule has 1 aromatic heterocycles. The Bertz CT molecular complexity index is 1000. The maximum absolute atomic E-state index is 14.0. The number of nitrogens with zero attached hydrogens (tertiary/aromatic N) is 4. The van der Waals surface area contributed by atoms with Crippen LogP contribution in [-0.4, -0.2) is 42.1 Å².